The molecule has 3 fully saturated rings. The van der Waals surface area contributed by atoms with Crippen LogP contribution in [0.4, 0.5) is 4.79 Å². The number of nitrogens with one attached hydrogen (secondary N) is 2. The number of amides is 5. The molecule has 0 spiro atoms. The molecule has 2 aliphatic carbocycles. The number of rotatable bonds is 7. The number of urea groups is 1. The molecular weight excluding hydrogens is 472 g/mol. The van der Waals surface area contributed by atoms with Gasteiger partial charge in [0.25, 0.3) is 5.91 Å². The van der Waals surface area contributed by atoms with Crippen molar-refractivity contribution in [3.05, 3.63) is 30.1 Å². The molecule has 10 heteroatoms. The number of hydrogen-bond donors (Lipinski definition) is 3. The van der Waals surface area contributed by atoms with E-state index in [0.29, 0.717) is 24.4 Å². The molecule has 2 atom stereocenters. The maximum absolute atomic E-state index is 13.6. The average Bonchev–Trinajstić information content (AvgIpc) is 2.93. The Bertz CT molecular complexity index is 945. The van der Waals surface area contributed by atoms with Gasteiger partial charge in [-0.3, -0.25) is 19.4 Å². The van der Waals surface area contributed by atoms with Gasteiger partial charge in [-0.1, -0.05) is 51.4 Å². The Labute approximate surface area is 218 Å². The summed E-state index contributed by atoms with van der Waals surface area (Å²) < 4.78 is 0. The summed E-state index contributed by atoms with van der Waals surface area (Å²) in [4.78, 5) is 59.4. The fourth-order valence-corrected chi connectivity index (χ4v) is 5.88. The summed E-state index contributed by atoms with van der Waals surface area (Å²) in [7, 11) is 0. The van der Waals surface area contributed by atoms with E-state index in [1.807, 2.05) is 0 Å². The maximum Gasteiger partial charge on any atom is 0.318 e. The number of carbonyl (C=O) groups excluding carboxylic acids is 4. The number of pyridine rings is 1. The van der Waals surface area contributed by atoms with Crippen molar-refractivity contribution in [2.24, 2.45) is 11.7 Å². The number of piperazine rings is 1. The predicted octanol–water partition coefficient (Wildman–Crippen LogP) is 2.19. The Morgan fingerprint density at radius 2 is 1.70 bits per heavy atom. The van der Waals surface area contributed by atoms with Gasteiger partial charge >= 0.3 is 6.03 Å². The quantitative estimate of drug-likeness (QED) is 0.514. The first-order valence-corrected chi connectivity index (χ1v) is 13.8. The standard InChI is InChI=1S/C27H40N6O4/c28-24(34)22(16-19-8-3-1-4-9-19)31-25(35)23-18-32(26(36)20-10-7-13-29-17-20)14-15-33(23)27(37)30-21-11-5-2-6-12-21/h7,10,13,17,19,21-23H,1-6,8-9,11-12,14-16,18H2,(H2,28,34)(H,30,37)(H,31,35). The second-order valence-electron chi connectivity index (χ2n) is 10.7. The summed E-state index contributed by atoms with van der Waals surface area (Å²) >= 11 is 0. The van der Waals surface area contributed by atoms with Crippen molar-refractivity contribution in [1.29, 1.82) is 0 Å². The van der Waals surface area contributed by atoms with E-state index in [2.05, 4.69) is 15.6 Å². The van der Waals surface area contributed by atoms with E-state index in [1.165, 1.54) is 23.9 Å². The van der Waals surface area contributed by atoms with Gasteiger partial charge in [0.05, 0.1) is 12.1 Å². The topological polar surface area (TPSA) is 138 Å². The first-order chi connectivity index (χ1) is 17.9. The Balaban J connectivity index is 1.48. The number of carbonyl (C=O) groups is 4. The highest BCUT2D eigenvalue weighted by atomic mass is 16.2. The largest absolute Gasteiger partial charge is 0.368 e. The molecule has 0 bridgehead atoms. The number of hydrogen-bond acceptors (Lipinski definition) is 5. The average molecular weight is 513 g/mol. The molecule has 2 unspecified atom stereocenters. The van der Waals surface area contributed by atoms with Crippen LogP contribution in [0.2, 0.25) is 0 Å². The van der Waals surface area contributed by atoms with Crippen LogP contribution in [0.5, 0.6) is 0 Å². The number of nitrogens with zero attached hydrogens (tertiary/aromatic N) is 3. The van der Waals surface area contributed by atoms with Crippen molar-refractivity contribution in [3.63, 3.8) is 0 Å². The van der Waals surface area contributed by atoms with Crippen LogP contribution in [-0.2, 0) is 9.59 Å². The molecule has 37 heavy (non-hydrogen) atoms. The van der Waals surface area contributed by atoms with Crippen LogP contribution in [0.15, 0.2) is 24.5 Å². The van der Waals surface area contributed by atoms with Gasteiger partial charge in [0, 0.05) is 31.5 Å². The van der Waals surface area contributed by atoms with Crippen molar-refractivity contribution in [3.8, 4) is 0 Å². The number of primary amides is 1. The van der Waals surface area contributed by atoms with Crippen LogP contribution in [-0.4, -0.2) is 76.3 Å². The zero-order valence-electron chi connectivity index (χ0n) is 21.6. The molecule has 202 valence electrons. The highest BCUT2D eigenvalue weighted by Crippen LogP contribution is 2.27. The third kappa shape index (κ3) is 7.20. The van der Waals surface area contributed by atoms with E-state index in [-0.39, 0.29) is 31.1 Å². The highest BCUT2D eigenvalue weighted by Gasteiger charge is 2.39. The molecule has 2 heterocycles. The maximum atomic E-state index is 13.6. The van der Waals surface area contributed by atoms with Crippen LogP contribution in [0.25, 0.3) is 0 Å². The minimum absolute atomic E-state index is 0.0343. The molecular formula is C27H40N6O4. The van der Waals surface area contributed by atoms with Crippen LogP contribution < -0.4 is 16.4 Å². The van der Waals surface area contributed by atoms with Gasteiger partial charge < -0.3 is 26.2 Å². The van der Waals surface area contributed by atoms with Gasteiger partial charge in [-0.25, -0.2) is 4.79 Å². The molecule has 5 amide bonds. The van der Waals surface area contributed by atoms with Gasteiger partial charge in [0.15, 0.2) is 0 Å². The number of aromatic nitrogens is 1. The Morgan fingerprint density at radius 1 is 1.00 bits per heavy atom. The third-order valence-corrected chi connectivity index (χ3v) is 8.03. The van der Waals surface area contributed by atoms with E-state index >= 15 is 0 Å². The Hall–Kier alpha value is -3.17. The minimum Gasteiger partial charge on any atom is -0.368 e. The first kappa shape index (κ1) is 26.9. The van der Waals surface area contributed by atoms with E-state index < -0.39 is 23.9 Å². The van der Waals surface area contributed by atoms with Gasteiger partial charge in [-0.05, 0) is 37.3 Å². The van der Waals surface area contributed by atoms with E-state index in [0.717, 1.165) is 51.4 Å². The van der Waals surface area contributed by atoms with Crippen molar-refractivity contribution < 1.29 is 19.2 Å². The fourth-order valence-electron chi connectivity index (χ4n) is 5.88. The first-order valence-electron chi connectivity index (χ1n) is 13.8. The van der Waals surface area contributed by atoms with Crippen LogP contribution in [0.3, 0.4) is 0 Å². The summed E-state index contributed by atoms with van der Waals surface area (Å²) in [5.74, 6) is -0.933. The summed E-state index contributed by atoms with van der Waals surface area (Å²) in [5.41, 5.74) is 6.11. The van der Waals surface area contributed by atoms with E-state index in [9.17, 15) is 19.2 Å². The summed E-state index contributed by atoms with van der Waals surface area (Å²) in [5, 5.41) is 5.93. The number of nitrogens with two attached hydrogens (primary N) is 1. The molecule has 2 saturated carbocycles. The molecule has 3 aliphatic rings. The van der Waals surface area contributed by atoms with Gasteiger partial charge in [0.1, 0.15) is 12.1 Å². The molecule has 10 nitrogen and oxygen atoms in total. The lowest BCUT2D eigenvalue weighted by Gasteiger charge is -2.41. The van der Waals surface area contributed by atoms with Crippen molar-refractivity contribution >= 4 is 23.8 Å². The monoisotopic (exact) mass is 512 g/mol. The zero-order valence-corrected chi connectivity index (χ0v) is 21.6. The SMILES string of the molecule is NC(=O)C(CC1CCCCC1)NC(=O)C1CN(C(=O)c2cccnc2)CCN1C(=O)NC1CCCCC1. The van der Waals surface area contributed by atoms with Crippen molar-refractivity contribution in [2.75, 3.05) is 19.6 Å². The van der Waals surface area contributed by atoms with Gasteiger partial charge in [0.2, 0.25) is 11.8 Å². The van der Waals surface area contributed by atoms with Crippen molar-refractivity contribution in [2.45, 2.75) is 88.8 Å². The molecule has 1 aromatic heterocycles. The molecule has 1 aromatic rings. The molecule has 4 N–H and O–H groups in total. The molecule has 0 aromatic carbocycles. The fraction of sp³-hybridized carbons (Fsp3) is 0.667. The lowest BCUT2D eigenvalue weighted by Crippen LogP contribution is -2.65. The molecule has 0 radical (unpaired) electrons. The molecule has 1 saturated heterocycles. The lowest BCUT2D eigenvalue weighted by molar-refractivity contribution is -0.131. The normalized spacial score (nSPS) is 22.2. The lowest BCUT2D eigenvalue weighted by atomic mass is 9.84. The zero-order chi connectivity index (χ0) is 26.2. The summed E-state index contributed by atoms with van der Waals surface area (Å²) in [6.45, 7) is 0.552. The Kier molecular flexibility index (Phi) is 9.35. The summed E-state index contributed by atoms with van der Waals surface area (Å²) in [6, 6.07) is 1.43. The van der Waals surface area contributed by atoms with E-state index in [1.54, 1.807) is 23.2 Å². The van der Waals surface area contributed by atoms with Crippen LogP contribution in [0, 0.1) is 5.92 Å². The van der Waals surface area contributed by atoms with Crippen LogP contribution in [0.1, 0.15) is 81.0 Å². The van der Waals surface area contributed by atoms with Crippen molar-refractivity contribution in [1.82, 2.24) is 25.4 Å². The summed E-state index contributed by atoms with van der Waals surface area (Å²) in [6.07, 6.45) is 14.2. The highest BCUT2D eigenvalue weighted by molar-refractivity contribution is 5.96. The molecule has 1 aliphatic heterocycles. The van der Waals surface area contributed by atoms with E-state index in [4.69, 9.17) is 5.73 Å². The second kappa shape index (κ2) is 12.9. The second-order valence-corrected chi connectivity index (χ2v) is 10.7. The van der Waals surface area contributed by atoms with Gasteiger partial charge in [-0.2, -0.15) is 0 Å². The minimum atomic E-state index is -0.925. The third-order valence-electron chi connectivity index (χ3n) is 8.03. The van der Waals surface area contributed by atoms with Crippen LogP contribution >= 0.6 is 0 Å². The Morgan fingerprint density at radius 3 is 2.35 bits per heavy atom. The van der Waals surface area contributed by atoms with Gasteiger partial charge in [-0.15, -0.1) is 0 Å². The predicted molar refractivity (Wildman–Crippen MR) is 138 cm³/mol. The molecule has 4 rings (SSSR count). The smallest absolute Gasteiger partial charge is 0.318 e.